The van der Waals surface area contributed by atoms with E-state index in [-0.39, 0.29) is 27.7 Å². The number of aromatic nitrogens is 2. The number of fused-ring (bicyclic) bond motifs is 1. The van der Waals surface area contributed by atoms with E-state index in [0.717, 1.165) is 5.56 Å². The number of anilines is 1. The lowest BCUT2D eigenvalue weighted by molar-refractivity contribution is 0.0996. The van der Waals surface area contributed by atoms with Crippen LogP contribution in [0.15, 0.2) is 51.7 Å². The van der Waals surface area contributed by atoms with Crippen LogP contribution >= 0.6 is 11.6 Å². The van der Waals surface area contributed by atoms with Gasteiger partial charge in [-0.25, -0.2) is 9.97 Å². The molecule has 33 heavy (non-hydrogen) atoms. The van der Waals surface area contributed by atoms with E-state index in [1.54, 1.807) is 25.1 Å². The summed E-state index contributed by atoms with van der Waals surface area (Å²) < 4.78 is 19.9. The van der Waals surface area contributed by atoms with Crippen molar-refractivity contribution in [2.75, 3.05) is 5.32 Å². The van der Waals surface area contributed by atoms with E-state index in [9.17, 15) is 14.0 Å². The summed E-state index contributed by atoms with van der Waals surface area (Å²) in [7, 11) is 0. The van der Waals surface area contributed by atoms with Gasteiger partial charge >= 0.3 is 0 Å². The van der Waals surface area contributed by atoms with Gasteiger partial charge in [-0.15, -0.1) is 0 Å². The number of nitrogens with one attached hydrogen (secondary N) is 1. The Balaban J connectivity index is 1.89. The summed E-state index contributed by atoms with van der Waals surface area (Å²) in [5.41, 5.74) is 7.98. The van der Waals surface area contributed by atoms with Crippen molar-refractivity contribution in [3.8, 4) is 11.5 Å². The molecule has 3 heterocycles. The van der Waals surface area contributed by atoms with Crippen molar-refractivity contribution in [3.05, 3.63) is 86.2 Å². The van der Waals surface area contributed by atoms with E-state index in [1.165, 1.54) is 18.2 Å². The van der Waals surface area contributed by atoms with Crippen LogP contribution in [0.2, 0.25) is 5.15 Å². The number of rotatable bonds is 5. The van der Waals surface area contributed by atoms with Gasteiger partial charge in [-0.2, -0.15) is 4.39 Å². The first-order valence-corrected chi connectivity index (χ1v) is 10.5. The molecule has 3 N–H and O–H groups in total. The zero-order valence-electron chi connectivity index (χ0n) is 18.1. The van der Waals surface area contributed by atoms with Crippen LogP contribution in [-0.4, -0.2) is 15.9 Å². The molecule has 0 saturated carbocycles. The maximum Gasteiger partial charge on any atom is 0.269 e. The lowest BCUT2D eigenvalue weighted by Crippen LogP contribution is -2.18. The van der Waals surface area contributed by atoms with Crippen LogP contribution in [0.3, 0.4) is 0 Å². The lowest BCUT2D eigenvalue weighted by atomic mass is 9.99. The van der Waals surface area contributed by atoms with Gasteiger partial charge in [0.2, 0.25) is 5.95 Å². The fourth-order valence-corrected chi connectivity index (χ4v) is 3.87. The predicted molar refractivity (Wildman–Crippen MR) is 125 cm³/mol. The van der Waals surface area contributed by atoms with Crippen molar-refractivity contribution >= 4 is 34.2 Å². The molecule has 0 bridgehead atoms. The van der Waals surface area contributed by atoms with Crippen LogP contribution < -0.4 is 16.5 Å². The predicted octanol–water partition coefficient (Wildman–Crippen LogP) is 4.93. The number of nitrogens with two attached hydrogens (primary N) is 1. The second kappa shape index (κ2) is 8.63. The summed E-state index contributed by atoms with van der Waals surface area (Å²) >= 11 is 5.90. The molecule has 1 unspecified atom stereocenters. The average molecular weight is 467 g/mol. The molecule has 1 amide bonds. The average Bonchev–Trinajstić information content (AvgIpc) is 2.77. The summed E-state index contributed by atoms with van der Waals surface area (Å²) in [5.74, 6) is -1.22. The number of nitrogens with zero attached hydrogens (tertiary/aromatic N) is 2. The van der Waals surface area contributed by atoms with Crippen LogP contribution in [0.1, 0.15) is 40.1 Å². The molecule has 0 fully saturated rings. The van der Waals surface area contributed by atoms with Crippen molar-refractivity contribution in [3.63, 3.8) is 0 Å². The molecule has 1 atom stereocenters. The van der Waals surface area contributed by atoms with Gasteiger partial charge in [0.05, 0.1) is 17.1 Å². The molecule has 0 aliphatic carbocycles. The van der Waals surface area contributed by atoms with Crippen molar-refractivity contribution in [1.29, 1.82) is 0 Å². The smallest absolute Gasteiger partial charge is 0.269 e. The standard InChI is InChI=1S/C24H20ClFN4O3/c1-11-9-14(13(3)28-16-7-8-18(25)30-20(16)24(27)32)23-15(10-11)21(31)12(2)22(33-23)17-5-4-6-19(26)29-17/h4-10,13,28H,1-3H3,(H2,27,32). The van der Waals surface area contributed by atoms with E-state index < -0.39 is 17.9 Å². The maximum atomic E-state index is 13.7. The minimum Gasteiger partial charge on any atom is -0.454 e. The third-order valence-corrected chi connectivity index (χ3v) is 5.48. The highest BCUT2D eigenvalue weighted by Gasteiger charge is 2.21. The van der Waals surface area contributed by atoms with Crippen LogP contribution in [0, 0.1) is 19.8 Å². The summed E-state index contributed by atoms with van der Waals surface area (Å²) in [4.78, 5) is 32.9. The quantitative estimate of drug-likeness (QED) is 0.403. The minimum absolute atomic E-state index is 0.00624. The molecule has 4 rings (SSSR count). The highest BCUT2D eigenvalue weighted by atomic mass is 35.5. The Labute approximate surface area is 193 Å². The number of pyridine rings is 2. The van der Waals surface area contributed by atoms with Gasteiger partial charge < -0.3 is 15.5 Å². The second-order valence-corrected chi connectivity index (χ2v) is 8.11. The summed E-state index contributed by atoms with van der Waals surface area (Å²) in [6.45, 7) is 5.33. The maximum absolute atomic E-state index is 13.7. The number of carbonyl (C=O) groups is 1. The van der Waals surface area contributed by atoms with Gasteiger partial charge in [0.15, 0.2) is 16.9 Å². The molecule has 0 radical (unpaired) electrons. The first-order chi connectivity index (χ1) is 15.7. The summed E-state index contributed by atoms with van der Waals surface area (Å²) in [6.07, 6.45) is 0. The molecular weight excluding hydrogens is 447 g/mol. The zero-order valence-corrected chi connectivity index (χ0v) is 18.8. The molecular formula is C24H20ClFN4O3. The van der Waals surface area contributed by atoms with Crippen LogP contribution in [0.4, 0.5) is 10.1 Å². The third kappa shape index (κ3) is 4.29. The van der Waals surface area contributed by atoms with E-state index in [4.69, 9.17) is 21.8 Å². The SMILES string of the molecule is Cc1cc(C(C)Nc2ccc(Cl)nc2C(N)=O)c2oc(-c3cccc(F)n3)c(C)c(=O)c2c1. The van der Waals surface area contributed by atoms with Gasteiger partial charge in [-0.3, -0.25) is 9.59 Å². The number of aryl methyl sites for hydroxylation is 1. The van der Waals surface area contributed by atoms with E-state index >= 15 is 0 Å². The van der Waals surface area contributed by atoms with Crippen molar-refractivity contribution in [2.24, 2.45) is 5.73 Å². The molecule has 0 aliphatic rings. The van der Waals surface area contributed by atoms with Gasteiger partial charge in [-0.05, 0) is 56.7 Å². The fraction of sp³-hybridized carbons (Fsp3) is 0.167. The Morgan fingerprint density at radius 1 is 1.18 bits per heavy atom. The van der Waals surface area contributed by atoms with Gasteiger partial charge in [0.25, 0.3) is 5.91 Å². The molecule has 0 aliphatic heterocycles. The lowest BCUT2D eigenvalue weighted by Gasteiger charge is -2.19. The zero-order chi connectivity index (χ0) is 23.9. The van der Waals surface area contributed by atoms with Crippen molar-refractivity contribution in [2.45, 2.75) is 26.8 Å². The highest BCUT2D eigenvalue weighted by molar-refractivity contribution is 6.29. The number of hydrogen-bond donors (Lipinski definition) is 2. The molecule has 3 aromatic heterocycles. The Morgan fingerprint density at radius 2 is 1.94 bits per heavy atom. The molecule has 168 valence electrons. The molecule has 7 nitrogen and oxygen atoms in total. The molecule has 0 spiro atoms. The van der Waals surface area contributed by atoms with Crippen molar-refractivity contribution in [1.82, 2.24) is 9.97 Å². The number of hydrogen-bond acceptors (Lipinski definition) is 6. The Kier molecular flexibility index (Phi) is 5.86. The number of benzene rings is 1. The fourth-order valence-electron chi connectivity index (χ4n) is 3.72. The minimum atomic E-state index is -0.733. The monoisotopic (exact) mass is 466 g/mol. The molecule has 9 heteroatoms. The van der Waals surface area contributed by atoms with Crippen LogP contribution in [-0.2, 0) is 0 Å². The number of halogens is 2. The Morgan fingerprint density at radius 3 is 2.64 bits per heavy atom. The van der Waals surface area contributed by atoms with Crippen molar-refractivity contribution < 1.29 is 13.6 Å². The highest BCUT2D eigenvalue weighted by Crippen LogP contribution is 2.32. The van der Waals surface area contributed by atoms with Gasteiger partial charge in [0, 0.05) is 11.1 Å². The Bertz CT molecular complexity index is 1470. The van der Waals surface area contributed by atoms with Crippen LogP contribution in [0.25, 0.3) is 22.4 Å². The van der Waals surface area contributed by atoms with Gasteiger partial charge in [0.1, 0.15) is 16.4 Å². The molecule has 4 aromatic rings. The Hall–Kier alpha value is -3.78. The first-order valence-electron chi connectivity index (χ1n) is 10.1. The normalized spacial score (nSPS) is 12.0. The molecule has 0 saturated heterocycles. The van der Waals surface area contributed by atoms with E-state index in [2.05, 4.69) is 15.3 Å². The summed E-state index contributed by atoms with van der Waals surface area (Å²) in [5, 5.41) is 3.72. The third-order valence-electron chi connectivity index (χ3n) is 5.27. The topological polar surface area (TPSA) is 111 Å². The molecule has 1 aromatic carbocycles. The van der Waals surface area contributed by atoms with Crippen LogP contribution in [0.5, 0.6) is 0 Å². The van der Waals surface area contributed by atoms with Gasteiger partial charge in [-0.1, -0.05) is 23.7 Å². The number of primary amides is 1. The largest absolute Gasteiger partial charge is 0.454 e. The van der Waals surface area contributed by atoms with E-state index in [1.807, 2.05) is 19.9 Å². The first kappa shape index (κ1) is 22.4. The number of amides is 1. The summed E-state index contributed by atoms with van der Waals surface area (Å²) in [6, 6.07) is 10.6. The second-order valence-electron chi connectivity index (χ2n) is 7.72. The van der Waals surface area contributed by atoms with E-state index in [0.29, 0.717) is 27.8 Å². The number of carbonyl (C=O) groups excluding carboxylic acids is 1.